The predicted molar refractivity (Wildman–Crippen MR) is 89.7 cm³/mol. The Morgan fingerprint density at radius 2 is 2.30 bits per heavy atom. The molecule has 1 aliphatic rings. The molecule has 1 amide bonds. The first-order valence-electron chi connectivity index (χ1n) is 7.50. The molecule has 2 aromatic heterocycles. The summed E-state index contributed by atoms with van der Waals surface area (Å²) in [6, 6.07) is 0.00387. The third kappa shape index (κ3) is 3.94. The number of thiazole rings is 2. The molecule has 3 heterocycles. The largest absolute Gasteiger partial charge is 0.350 e. The fraction of sp³-hybridized carbons (Fsp3) is 0.533. The second-order valence-electron chi connectivity index (χ2n) is 5.75. The molecule has 1 aliphatic heterocycles. The van der Waals surface area contributed by atoms with Crippen LogP contribution in [-0.2, 0) is 6.54 Å². The molecule has 8 heteroatoms. The molecule has 1 fully saturated rings. The molecule has 23 heavy (non-hydrogen) atoms. The number of aromatic nitrogens is 2. The van der Waals surface area contributed by atoms with E-state index in [-0.39, 0.29) is 11.9 Å². The first-order chi connectivity index (χ1) is 11.0. The van der Waals surface area contributed by atoms with Crippen LogP contribution in [0.4, 0.5) is 4.39 Å². The Bertz CT molecular complexity index is 687. The monoisotopic (exact) mass is 354 g/mol. The summed E-state index contributed by atoms with van der Waals surface area (Å²) >= 11 is 2.93. The van der Waals surface area contributed by atoms with E-state index in [1.165, 1.54) is 11.3 Å². The van der Waals surface area contributed by atoms with Crippen molar-refractivity contribution in [2.75, 3.05) is 13.1 Å². The zero-order valence-corrected chi connectivity index (χ0v) is 14.7. The number of nitrogens with zero attached hydrogens (tertiary/aromatic N) is 3. The van der Waals surface area contributed by atoms with Gasteiger partial charge in [0.05, 0.1) is 21.9 Å². The van der Waals surface area contributed by atoms with Crippen molar-refractivity contribution >= 4 is 28.6 Å². The first-order valence-corrected chi connectivity index (χ1v) is 9.26. The fourth-order valence-electron chi connectivity index (χ4n) is 2.83. The number of aryl methyl sites for hydroxylation is 2. The van der Waals surface area contributed by atoms with E-state index < -0.39 is 6.17 Å². The zero-order chi connectivity index (χ0) is 16.4. The zero-order valence-electron chi connectivity index (χ0n) is 13.1. The van der Waals surface area contributed by atoms with E-state index in [1.54, 1.807) is 16.8 Å². The van der Waals surface area contributed by atoms with Crippen molar-refractivity contribution in [2.24, 2.45) is 0 Å². The van der Waals surface area contributed by atoms with Crippen molar-refractivity contribution in [3.8, 4) is 0 Å². The smallest absolute Gasteiger partial charge is 0.263 e. The number of rotatable bonds is 5. The normalized spacial score (nSPS) is 21.7. The van der Waals surface area contributed by atoms with Crippen LogP contribution in [0.15, 0.2) is 10.9 Å². The van der Waals surface area contributed by atoms with Crippen LogP contribution in [0.5, 0.6) is 0 Å². The molecule has 0 radical (unpaired) electrons. The van der Waals surface area contributed by atoms with Crippen molar-refractivity contribution < 1.29 is 9.18 Å². The summed E-state index contributed by atoms with van der Waals surface area (Å²) < 4.78 is 13.8. The molecule has 0 bridgehead atoms. The quantitative estimate of drug-likeness (QED) is 0.897. The Labute approximate surface area is 142 Å². The Hall–Kier alpha value is -1.38. The Morgan fingerprint density at radius 1 is 1.48 bits per heavy atom. The Morgan fingerprint density at radius 3 is 2.96 bits per heavy atom. The van der Waals surface area contributed by atoms with E-state index in [2.05, 4.69) is 20.2 Å². The summed E-state index contributed by atoms with van der Waals surface area (Å²) in [5.74, 6) is -0.128. The summed E-state index contributed by atoms with van der Waals surface area (Å²) in [6.45, 7) is 5.25. The predicted octanol–water partition coefficient (Wildman–Crippen LogP) is 2.56. The number of halogens is 1. The number of nitrogens with one attached hydrogen (secondary N) is 1. The Balaban J connectivity index is 1.59. The van der Waals surface area contributed by atoms with Gasteiger partial charge in [-0.3, -0.25) is 9.69 Å². The highest BCUT2D eigenvalue weighted by Gasteiger charge is 2.32. The van der Waals surface area contributed by atoms with Crippen LogP contribution >= 0.6 is 22.7 Å². The van der Waals surface area contributed by atoms with Gasteiger partial charge in [-0.15, -0.1) is 22.7 Å². The van der Waals surface area contributed by atoms with E-state index in [0.29, 0.717) is 30.9 Å². The number of carbonyl (C=O) groups excluding carboxylic acids is 1. The van der Waals surface area contributed by atoms with Crippen molar-refractivity contribution in [1.29, 1.82) is 0 Å². The van der Waals surface area contributed by atoms with Gasteiger partial charge in [0.1, 0.15) is 11.0 Å². The van der Waals surface area contributed by atoms with Crippen LogP contribution in [0, 0.1) is 13.8 Å². The van der Waals surface area contributed by atoms with Crippen LogP contribution in [0.1, 0.15) is 32.5 Å². The van der Waals surface area contributed by atoms with Gasteiger partial charge in [-0.2, -0.15) is 0 Å². The lowest BCUT2D eigenvalue weighted by Crippen LogP contribution is -2.39. The average Bonchev–Trinajstić information content (AvgIpc) is 3.18. The number of hydrogen-bond acceptors (Lipinski definition) is 6. The van der Waals surface area contributed by atoms with Gasteiger partial charge in [0.25, 0.3) is 5.91 Å². The first kappa shape index (κ1) is 16.5. The van der Waals surface area contributed by atoms with Gasteiger partial charge in [-0.1, -0.05) is 0 Å². The van der Waals surface area contributed by atoms with Crippen LogP contribution in [-0.4, -0.2) is 46.1 Å². The molecule has 0 saturated carbocycles. The summed E-state index contributed by atoms with van der Waals surface area (Å²) in [6.07, 6.45) is -0.396. The molecular weight excluding hydrogens is 335 g/mol. The summed E-state index contributed by atoms with van der Waals surface area (Å²) in [5, 5.41) is 5.94. The minimum atomic E-state index is -0.846. The lowest BCUT2D eigenvalue weighted by atomic mass is 10.2. The van der Waals surface area contributed by atoms with Gasteiger partial charge in [0.15, 0.2) is 0 Å². The maximum Gasteiger partial charge on any atom is 0.263 e. The molecule has 2 atom stereocenters. The maximum absolute atomic E-state index is 13.8. The van der Waals surface area contributed by atoms with Crippen molar-refractivity contribution in [2.45, 2.75) is 39.0 Å². The van der Waals surface area contributed by atoms with Crippen LogP contribution in [0.25, 0.3) is 0 Å². The lowest BCUT2D eigenvalue weighted by Gasteiger charge is -2.23. The summed E-state index contributed by atoms with van der Waals surface area (Å²) in [5.41, 5.74) is 3.36. The average molecular weight is 354 g/mol. The van der Waals surface area contributed by atoms with Gasteiger partial charge in [0, 0.05) is 31.1 Å². The molecule has 1 N–H and O–H groups in total. The standard InChI is InChI=1S/C15H19FN4OS2/c1-9-14(23-8-18-9)15(21)17-4-13-3-11(16)5-20(13)6-12-7-22-10(2)19-12/h7-8,11,13H,3-6H2,1-2H3,(H,17,21)/t11-,13-/m0/s1. The second-order valence-corrected chi connectivity index (χ2v) is 7.67. The fourth-order valence-corrected chi connectivity index (χ4v) is 4.15. The molecule has 3 rings (SSSR count). The number of alkyl halides is 1. The molecule has 1 saturated heterocycles. The number of amides is 1. The van der Waals surface area contributed by atoms with Crippen molar-refractivity contribution in [1.82, 2.24) is 20.2 Å². The number of hydrogen-bond donors (Lipinski definition) is 1. The lowest BCUT2D eigenvalue weighted by molar-refractivity contribution is 0.0943. The molecule has 0 aliphatic carbocycles. The van der Waals surface area contributed by atoms with Crippen molar-refractivity contribution in [3.63, 3.8) is 0 Å². The molecule has 0 spiro atoms. The molecule has 0 aromatic carbocycles. The van der Waals surface area contributed by atoms with Gasteiger partial charge in [-0.25, -0.2) is 14.4 Å². The summed E-state index contributed by atoms with van der Waals surface area (Å²) in [7, 11) is 0. The molecule has 2 aromatic rings. The van der Waals surface area contributed by atoms with Crippen molar-refractivity contribution in [3.05, 3.63) is 32.2 Å². The van der Waals surface area contributed by atoms with Gasteiger partial charge < -0.3 is 5.32 Å². The molecule has 5 nitrogen and oxygen atoms in total. The number of likely N-dealkylation sites (tertiary alicyclic amines) is 1. The number of carbonyl (C=O) groups is 1. The van der Waals surface area contributed by atoms with E-state index in [4.69, 9.17) is 0 Å². The third-order valence-corrected chi connectivity index (χ3v) is 5.71. The van der Waals surface area contributed by atoms with Crippen LogP contribution in [0.3, 0.4) is 0 Å². The van der Waals surface area contributed by atoms with Crippen LogP contribution < -0.4 is 5.32 Å². The van der Waals surface area contributed by atoms with Gasteiger partial charge in [0.2, 0.25) is 0 Å². The van der Waals surface area contributed by atoms with E-state index in [1.807, 2.05) is 19.2 Å². The highest BCUT2D eigenvalue weighted by atomic mass is 32.1. The SMILES string of the molecule is Cc1nc(CN2C[C@@H](F)C[C@H]2CNC(=O)c2scnc2C)cs1. The maximum atomic E-state index is 13.8. The molecular formula is C15H19FN4OS2. The minimum absolute atomic E-state index is 0.00387. The molecule has 0 unspecified atom stereocenters. The van der Waals surface area contributed by atoms with Gasteiger partial charge >= 0.3 is 0 Å². The van der Waals surface area contributed by atoms with Crippen LogP contribution in [0.2, 0.25) is 0 Å². The summed E-state index contributed by atoms with van der Waals surface area (Å²) in [4.78, 5) is 23.4. The highest BCUT2D eigenvalue weighted by molar-refractivity contribution is 7.11. The third-order valence-electron chi connectivity index (χ3n) is 3.96. The van der Waals surface area contributed by atoms with E-state index in [0.717, 1.165) is 16.4 Å². The van der Waals surface area contributed by atoms with E-state index >= 15 is 0 Å². The minimum Gasteiger partial charge on any atom is -0.350 e. The van der Waals surface area contributed by atoms with Gasteiger partial charge in [-0.05, 0) is 20.3 Å². The van der Waals surface area contributed by atoms with E-state index in [9.17, 15) is 9.18 Å². The second kappa shape index (κ2) is 7.02. The Kier molecular flexibility index (Phi) is 5.03. The molecule has 124 valence electrons. The topological polar surface area (TPSA) is 58.1 Å². The highest BCUT2D eigenvalue weighted by Crippen LogP contribution is 2.23.